The molecule has 8 heteroatoms. The number of hydrogen-bond donors (Lipinski definition) is 3. The standard InChI is InChI=1S/C18H18FN3O4/c1-26-14-4-5-15(19)16(9-14)21-17(23)20-13-3-2-12-10-22(18(24)25)7-6-11(12)8-13/h2-5,8-9H,6-7,10H2,1H3,(H,24,25)(H2,20,21,23). The Hall–Kier alpha value is -3.29. The lowest BCUT2D eigenvalue weighted by molar-refractivity contribution is 0.140. The highest BCUT2D eigenvalue weighted by molar-refractivity contribution is 6.00. The molecule has 3 rings (SSSR count). The van der Waals surface area contributed by atoms with E-state index in [0.717, 1.165) is 11.1 Å². The number of anilines is 2. The number of nitrogens with one attached hydrogen (secondary N) is 2. The lowest BCUT2D eigenvalue weighted by Crippen LogP contribution is -2.34. The quantitative estimate of drug-likeness (QED) is 0.782. The van der Waals surface area contributed by atoms with E-state index in [0.29, 0.717) is 30.9 Å². The van der Waals surface area contributed by atoms with Gasteiger partial charge in [0, 0.05) is 24.8 Å². The number of carbonyl (C=O) groups excluding carboxylic acids is 1. The van der Waals surface area contributed by atoms with Gasteiger partial charge < -0.3 is 25.4 Å². The van der Waals surface area contributed by atoms with Gasteiger partial charge in [0.15, 0.2) is 0 Å². The van der Waals surface area contributed by atoms with Crippen molar-refractivity contribution < 1.29 is 23.8 Å². The summed E-state index contributed by atoms with van der Waals surface area (Å²) >= 11 is 0. The number of rotatable bonds is 3. The van der Waals surface area contributed by atoms with E-state index in [1.54, 1.807) is 18.2 Å². The first-order valence-electron chi connectivity index (χ1n) is 7.97. The van der Waals surface area contributed by atoms with Crippen LogP contribution in [0.4, 0.5) is 25.4 Å². The van der Waals surface area contributed by atoms with Crippen molar-refractivity contribution in [1.82, 2.24) is 4.90 Å². The maximum Gasteiger partial charge on any atom is 0.407 e. The molecule has 1 heterocycles. The van der Waals surface area contributed by atoms with E-state index in [2.05, 4.69) is 10.6 Å². The first-order valence-corrected chi connectivity index (χ1v) is 7.97. The van der Waals surface area contributed by atoms with E-state index in [-0.39, 0.29) is 5.69 Å². The zero-order chi connectivity index (χ0) is 18.7. The van der Waals surface area contributed by atoms with Gasteiger partial charge in [0.1, 0.15) is 11.6 Å². The van der Waals surface area contributed by atoms with E-state index in [9.17, 15) is 14.0 Å². The first-order chi connectivity index (χ1) is 12.5. The van der Waals surface area contributed by atoms with Crippen LogP contribution in [0.5, 0.6) is 5.75 Å². The normalized spacial score (nSPS) is 12.9. The maximum atomic E-state index is 13.8. The van der Waals surface area contributed by atoms with Gasteiger partial charge in [-0.25, -0.2) is 14.0 Å². The summed E-state index contributed by atoms with van der Waals surface area (Å²) in [6.45, 7) is 0.735. The van der Waals surface area contributed by atoms with Crippen LogP contribution in [0.1, 0.15) is 11.1 Å². The topological polar surface area (TPSA) is 90.9 Å². The summed E-state index contributed by atoms with van der Waals surface area (Å²) < 4.78 is 18.8. The minimum absolute atomic E-state index is 0.0110. The van der Waals surface area contributed by atoms with E-state index in [1.165, 1.54) is 30.2 Å². The number of fused-ring (bicyclic) bond motifs is 1. The largest absolute Gasteiger partial charge is 0.497 e. The Morgan fingerprint density at radius 1 is 1.15 bits per heavy atom. The lowest BCUT2D eigenvalue weighted by atomic mass is 9.99. The van der Waals surface area contributed by atoms with Crippen LogP contribution in [0.15, 0.2) is 36.4 Å². The Labute approximate surface area is 149 Å². The average Bonchev–Trinajstić information content (AvgIpc) is 2.63. The number of nitrogens with zero attached hydrogens (tertiary/aromatic N) is 1. The fourth-order valence-corrected chi connectivity index (χ4v) is 2.81. The third kappa shape index (κ3) is 3.85. The fraction of sp³-hybridized carbons (Fsp3) is 0.222. The van der Waals surface area contributed by atoms with Crippen molar-refractivity contribution in [3.8, 4) is 5.75 Å². The number of methoxy groups -OCH3 is 1. The SMILES string of the molecule is COc1ccc(F)c(NC(=O)Nc2ccc3c(c2)CCN(C(=O)O)C3)c1. The molecule has 0 unspecified atom stereocenters. The molecule has 0 aliphatic carbocycles. The second-order valence-electron chi connectivity index (χ2n) is 5.86. The third-order valence-corrected chi connectivity index (χ3v) is 4.17. The van der Waals surface area contributed by atoms with Gasteiger partial charge in [0.2, 0.25) is 0 Å². The Kier molecular flexibility index (Phi) is 4.92. The summed E-state index contributed by atoms with van der Waals surface area (Å²) in [6.07, 6.45) is -0.374. The predicted molar refractivity (Wildman–Crippen MR) is 94.2 cm³/mol. The number of urea groups is 1. The minimum Gasteiger partial charge on any atom is -0.497 e. The zero-order valence-electron chi connectivity index (χ0n) is 14.1. The Morgan fingerprint density at radius 3 is 2.69 bits per heavy atom. The molecular formula is C18H18FN3O4. The Morgan fingerprint density at radius 2 is 1.96 bits per heavy atom. The number of benzene rings is 2. The molecule has 3 N–H and O–H groups in total. The number of halogens is 1. The zero-order valence-corrected chi connectivity index (χ0v) is 14.1. The molecule has 0 saturated heterocycles. The van der Waals surface area contributed by atoms with Gasteiger partial charge in [-0.2, -0.15) is 0 Å². The van der Waals surface area contributed by atoms with Crippen molar-refractivity contribution in [2.75, 3.05) is 24.3 Å². The number of hydrogen-bond acceptors (Lipinski definition) is 3. The number of ether oxygens (including phenoxy) is 1. The second-order valence-corrected chi connectivity index (χ2v) is 5.86. The molecule has 1 aliphatic heterocycles. The van der Waals surface area contributed by atoms with Gasteiger partial charge in [0.25, 0.3) is 0 Å². The highest BCUT2D eigenvalue weighted by Crippen LogP contribution is 2.24. The summed E-state index contributed by atoms with van der Waals surface area (Å²) in [6, 6.07) is 8.75. The predicted octanol–water partition coefficient (Wildman–Crippen LogP) is 3.51. The van der Waals surface area contributed by atoms with Crippen molar-refractivity contribution in [1.29, 1.82) is 0 Å². The van der Waals surface area contributed by atoms with Crippen LogP contribution in [0.3, 0.4) is 0 Å². The number of carbonyl (C=O) groups is 2. The molecule has 0 spiro atoms. The smallest absolute Gasteiger partial charge is 0.407 e. The molecule has 0 saturated carbocycles. The van der Waals surface area contributed by atoms with E-state index >= 15 is 0 Å². The summed E-state index contributed by atoms with van der Waals surface area (Å²) in [5.74, 6) is -0.140. The maximum absolute atomic E-state index is 13.8. The molecule has 7 nitrogen and oxygen atoms in total. The van der Waals surface area contributed by atoms with Crippen LogP contribution in [0.25, 0.3) is 0 Å². The van der Waals surface area contributed by atoms with E-state index in [4.69, 9.17) is 9.84 Å². The molecule has 3 amide bonds. The third-order valence-electron chi connectivity index (χ3n) is 4.17. The Balaban J connectivity index is 1.68. The van der Waals surface area contributed by atoms with Crippen LogP contribution in [0, 0.1) is 5.82 Å². The number of carboxylic acid groups (broad SMARTS) is 1. The minimum atomic E-state index is -0.947. The van der Waals surface area contributed by atoms with Gasteiger partial charge in [-0.15, -0.1) is 0 Å². The summed E-state index contributed by atoms with van der Waals surface area (Å²) in [7, 11) is 1.45. The molecule has 0 atom stereocenters. The molecule has 2 aromatic carbocycles. The van der Waals surface area contributed by atoms with Crippen LogP contribution in [0.2, 0.25) is 0 Å². The van der Waals surface area contributed by atoms with Crippen molar-refractivity contribution in [3.63, 3.8) is 0 Å². The summed E-state index contributed by atoms with van der Waals surface area (Å²) in [4.78, 5) is 24.5. The molecular weight excluding hydrogens is 341 g/mol. The van der Waals surface area contributed by atoms with Crippen molar-refractivity contribution in [3.05, 3.63) is 53.3 Å². The summed E-state index contributed by atoms with van der Waals surface area (Å²) in [5.41, 5.74) is 2.45. The summed E-state index contributed by atoms with van der Waals surface area (Å²) in [5, 5.41) is 14.2. The average molecular weight is 359 g/mol. The molecule has 0 bridgehead atoms. The van der Waals surface area contributed by atoms with Crippen LogP contribution < -0.4 is 15.4 Å². The molecule has 0 fully saturated rings. The van der Waals surface area contributed by atoms with Crippen LogP contribution >= 0.6 is 0 Å². The first kappa shape index (κ1) is 17.5. The Bertz CT molecular complexity index is 856. The molecule has 1 aliphatic rings. The molecule has 0 radical (unpaired) electrons. The van der Waals surface area contributed by atoms with Crippen molar-refractivity contribution >= 4 is 23.5 Å². The van der Waals surface area contributed by atoms with Crippen molar-refractivity contribution in [2.24, 2.45) is 0 Å². The van der Waals surface area contributed by atoms with Crippen LogP contribution in [-0.4, -0.2) is 35.8 Å². The van der Waals surface area contributed by atoms with E-state index < -0.39 is 17.9 Å². The van der Waals surface area contributed by atoms with Crippen molar-refractivity contribution in [2.45, 2.75) is 13.0 Å². The van der Waals surface area contributed by atoms with Gasteiger partial charge in [0.05, 0.1) is 12.8 Å². The second kappa shape index (κ2) is 7.30. The van der Waals surface area contributed by atoms with Crippen LogP contribution in [-0.2, 0) is 13.0 Å². The van der Waals surface area contributed by atoms with Gasteiger partial charge >= 0.3 is 12.1 Å². The lowest BCUT2D eigenvalue weighted by Gasteiger charge is -2.26. The monoisotopic (exact) mass is 359 g/mol. The fourth-order valence-electron chi connectivity index (χ4n) is 2.81. The highest BCUT2D eigenvalue weighted by atomic mass is 19.1. The molecule has 2 aromatic rings. The van der Waals surface area contributed by atoms with Gasteiger partial charge in [-0.05, 0) is 41.8 Å². The van der Waals surface area contributed by atoms with Gasteiger partial charge in [-0.1, -0.05) is 6.07 Å². The van der Waals surface area contributed by atoms with E-state index in [1.807, 2.05) is 0 Å². The van der Waals surface area contributed by atoms with Gasteiger partial charge in [-0.3, -0.25) is 0 Å². The highest BCUT2D eigenvalue weighted by Gasteiger charge is 2.20. The molecule has 26 heavy (non-hydrogen) atoms. The molecule has 0 aromatic heterocycles. The molecule has 136 valence electrons. The number of amides is 3.